The van der Waals surface area contributed by atoms with Crippen LogP contribution in [0.25, 0.3) is 0 Å². The first-order valence-electron chi connectivity index (χ1n) is 25.8. The van der Waals surface area contributed by atoms with Crippen LogP contribution in [-0.4, -0.2) is 37.2 Å². The third-order valence-electron chi connectivity index (χ3n) is 10.3. The Morgan fingerprint density at radius 2 is 0.646 bits per heavy atom. The summed E-state index contributed by atoms with van der Waals surface area (Å²) in [6, 6.07) is 0. The molecule has 0 aliphatic rings. The third-order valence-corrected chi connectivity index (χ3v) is 10.3. The van der Waals surface area contributed by atoms with Crippen LogP contribution in [0.1, 0.15) is 201 Å². The molecule has 1 atom stereocenters. The van der Waals surface area contributed by atoms with Crippen LogP contribution in [0.3, 0.4) is 0 Å². The number of ether oxygens (including phenoxy) is 3. The maximum atomic E-state index is 12.8. The van der Waals surface area contributed by atoms with Gasteiger partial charge in [0.05, 0.1) is 0 Å². The lowest BCUT2D eigenvalue weighted by molar-refractivity contribution is -0.167. The van der Waals surface area contributed by atoms with Crippen LogP contribution in [-0.2, 0) is 28.6 Å². The van der Waals surface area contributed by atoms with Crippen molar-refractivity contribution in [2.24, 2.45) is 0 Å². The lowest BCUT2D eigenvalue weighted by atomic mass is 10.1. The molecule has 6 nitrogen and oxygen atoms in total. The zero-order chi connectivity index (χ0) is 47.2. The molecule has 0 N–H and O–H groups in total. The molecule has 0 aromatic carbocycles. The summed E-state index contributed by atoms with van der Waals surface area (Å²) in [5.41, 5.74) is 0. The molecular weight excluding hydrogens is 805 g/mol. The fourth-order valence-corrected chi connectivity index (χ4v) is 6.49. The van der Waals surface area contributed by atoms with Crippen molar-refractivity contribution in [3.8, 4) is 0 Å². The van der Waals surface area contributed by atoms with Crippen LogP contribution in [0.5, 0.6) is 0 Å². The Morgan fingerprint density at radius 3 is 1.06 bits per heavy atom. The first-order chi connectivity index (χ1) is 32.0. The number of unbranched alkanes of at least 4 members (excludes halogenated alkanes) is 19. The molecule has 6 heteroatoms. The fourth-order valence-electron chi connectivity index (χ4n) is 6.49. The van der Waals surface area contributed by atoms with Gasteiger partial charge in [-0.1, -0.05) is 231 Å². The zero-order valence-electron chi connectivity index (χ0n) is 41.4. The van der Waals surface area contributed by atoms with Crippen molar-refractivity contribution in [1.82, 2.24) is 0 Å². The van der Waals surface area contributed by atoms with Crippen LogP contribution in [0.2, 0.25) is 0 Å². The highest BCUT2D eigenvalue weighted by Gasteiger charge is 2.19. The SMILES string of the molecule is CC\C=C/C=C\C=C/C=C\C=C/CCCCCC(=O)OC(COC(=O)CCCCC/C=C\CCCCCCCCC)COC(=O)CCCCCCC\C=C/C=C\C=C/C=C\C=C/CCC. The monoisotopic (exact) mass is 897 g/mol. The van der Waals surface area contributed by atoms with Gasteiger partial charge in [0.15, 0.2) is 6.10 Å². The van der Waals surface area contributed by atoms with E-state index in [-0.39, 0.29) is 37.5 Å². The number of allylic oxidation sites excluding steroid dienone is 22. The summed E-state index contributed by atoms with van der Waals surface area (Å²) in [4.78, 5) is 38.0. The highest BCUT2D eigenvalue weighted by Crippen LogP contribution is 2.13. The summed E-state index contributed by atoms with van der Waals surface area (Å²) in [5.74, 6) is -1.01. The van der Waals surface area contributed by atoms with Gasteiger partial charge in [-0.3, -0.25) is 14.4 Å². The van der Waals surface area contributed by atoms with Crippen molar-refractivity contribution in [3.05, 3.63) is 134 Å². The van der Waals surface area contributed by atoms with E-state index < -0.39 is 6.10 Å². The molecule has 0 aromatic heterocycles. The molecular formula is C59H92O6. The summed E-state index contributed by atoms with van der Waals surface area (Å²) >= 11 is 0. The Kier molecular flexibility index (Phi) is 48.6. The second kappa shape index (κ2) is 52.2. The minimum atomic E-state index is -0.822. The molecule has 0 saturated carbocycles. The highest BCUT2D eigenvalue weighted by molar-refractivity contribution is 5.71. The van der Waals surface area contributed by atoms with Crippen LogP contribution in [0.15, 0.2) is 134 Å². The molecule has 0 saturated heterocycles. The molecule has 0 aliphatic heterocycles. The second-order valence-corrected chi connectivity index (χ2v) is 16.6. The second-order valence-electron chi connectivity index (χ2n) is 16.6. The largest absolute Gasteiger partial charge is 0.462 e. The molecule has 0 fully saturated rings. The lowest BCUT2D eigenvalue weighted by Gasteiger charge is -2.18. The van der Waals surface area contributed by atoms with Crippen molar-refractivity contribution >= 4 is 17.9 Å². The zero-order valence-corrected chi connectivity index (χ0v) is 41.4. The Morgan fingerprint density at radius 1 is 0.323 bits per heavy atom. The summed E-state index contributed by atoms with van der Waals surface area (Å²) in [5, 5.41) is 0. The standard InChI is InChI=1S/C59H92O6/c1-4-7-10-13-16-19-22-25-28-29-30-32-34-37-40-43-46-49-52-58(61)64-55-56(54-63-57(60)51-48-45-42-39-36-33-27-24-21-18-15-12-9-6-3)65-59(62)53-50-47-44-41-38-35-31-26-23-20-17-14-11-8-5-2/h8,10-11,13-14,16-17,19-20,22-23,25-26,28-33,35-36,38,56H,4-7,9,12,15,18,21,24,27,34,37,39-55H2,1-3H3/b11-8-,13-10-,17-14-,19-16-,23-20-,25-22-,29-28-,31-26-,32-30-,36-33-,38-35-. The van der Waals surface area contributed by atoms with Gasteiger partial charge < -0.3 is 14.2 Å². The molecule has 0 radical (unpaired) electrons. The van der Waals surface area contributed by atoms with Crippen molar-refractivity contribution in [2.45, 2.75) is 207 Å². The number of rotatable bonds is 44. The van der Waals surface area contributed by atoms with Crippen LogP contribution in [0, 0.1) is 0 Å². The third kappa shape index (κ3) is 50.4. The van der Waals surface area contributed by atoms with Gasteiger partial charge in [-0.15, -0.1) is 0 Å². The van der Waals surface area contributed by atoms with Gasteiger partial charge in [0.2, 0.25) is 0 Å². The maximum Gasteiger partial charge on any atom is 0.306 e. The summed E-state index contributed by atoms with van der Waals surface area (Å²) in [6.45, 7) is 6.31. The number of carbonyl (C=O) groups is 3. The van der Waals surface area contributed by atoms with Crippen LogP contribution < -0.4 is 0 Å². The van der Waals surface area contributed by atoms with Crippen molar-refractivity contribution in [3.63, 3.8) is 0 Å². The van der Waals surface area contributed by atoms with Gasteiger partial charge in [-0.2, -0.15) is 0 Å². The molecule has 0 aliphatic carbocycles. The average molecular weight is 897 g/mol. The van der Waals surface area contributed by atoms with Gasteiger partial charge in [0, 0.05) is 19.3 Å². The molecule has 0 aromatic rings. The van der Waals surface area contributed by atoms with E-state index in [2.05, 4.69) is 69.4 Å². The summed E-state index contributed by atoms with van der Waals surface area (Å²) in [7, 11) is 0. The molecule has 0 bridgehead atoms. The van der Waals surface area contributed by atoms with Gasteiger partial charge in [-0.25, -0.2) is 0 Å². The van der Waals surface area contributed by atoms with Crippen LogP contribution in [0.4, 0.5) is 0 Å². The van der Waals surface area contributed by atoms with E-state index in [9.17, 15) is 14.4 Å². The first-order valence-corrected chi connectivity index (χ1v) is 25.8. The number of carbonyl (C=O) groups excluding carboxylic acids is 3. The van der Waals surface area contributed by atoms with E-state index in [0.717, 1.165) is 103 Å². The van der Waals surface area contributed by atoms with Gasteiger partial charge in [0.1, 0.15) is 13.2 Å². The molecule has 65 heavy (non-hydrogen) atoms. The molecule has 0 spiro atoms. The predicted octanol–water partition coefficient (Wildman–Crippen LogP) is 17.1. The van der Waals surface area contributed by atoms with Gasteiger partial charge in [0.25, 0.3) is 0 Å². The topological polar surface area (TPSA) is 78.9 Å². The Bertz CT molecular complexity index is 1450. The minimum Gasteiger partial charge on any atom is -0.462 e. The van der Waals surface area contributed by atoms with E-state index in [1.54, 1.807) is 0 Å². The van der Waals surface area contributed by atoms with Crippen molar-refractivity contribution in [1.29, 1.82) is 0 Å². The average Bonchev–Trinajstić information content (AvgIpc) is 3.30. The minimum absolute atomic E-state index is 0.117. The smallest absolute Gasteiger partial charge is 0.306 e. The van der Waals surface area contributed by atoms with Gasteiger partial charge >= 0.3 is 17.9 Å². The quantitative estimate of drug-likeness (QED) is 0.0199. The molecule has 364 valence electrons. The van der Waals surface area contributed by atoms with E-state index in [1.165, 1.54) is 51.4 Å². The van der Waals surface area contributed by atoms with Crippen molar-refractivity contribution < 1.29 is 28.6 Å². The number of hydrogen-bond donors (Lipinski definition) is 0. The van der Waals surface area contributed by atoms with Crippen molar-refractivity contribution in [2.75, 3.05) is 13.2 Å². The number of esters is 3. The molecule has 0 rings (SSSR count). The highest BCUT2D eigenvalue weighted by atomic mass is 16.6. The molecule has 0 amide bonds. The van der Waals surface area contributed by atoms with E-state index in [1.807, 2.05) is 85.1 Å². The normalized spacial score (nSPS) is 13.2. The Labute approximate surface area is 398 Å². The predicted molar refractivity (Wildman–Crippen MR) is 279 cm³/mol. The first kappa shape index (κ1) is 60.5. The summed E-state index contributed by atoms with van der Waals surface area (Å²) in [6.07, 6.45) is 72.8. The fraction of sp³-hybridized carbons (Fsp3) is 0.576. The Balaban J connectivity index is 4.57. The van der Waals surface area contributed by atoms with E-state index >= 15 is 0 Å². The Hall–Kier alpha value is -4.45. The summed E-state index contributed by atoms with van der Waals surface area (Å²) < 4.78 is 16.7. The van der Waals surface area contributed by atoms with Gasteiger partial charge in [-0.05, 0) is 83.5 Å². The van der Waals surface area contributed by atoms with E-state index in [0.29, 0.717) is 19.3 Å². The van der Waals surface area contributed by atoms with E-state index in [4.69, 9.17) is 14.2 Å². The lowest BCUT2D eigenvalue weighted by Crippen LogP contribution is -2.30. The van der Waals surface area contributed by atoms with Crippen LogP contribution >= 0.6 is 0 Å². The number of hydrogen-bond acceptors (Lipinski definition) is 6. The molecule has 0 heterocycles. The molecule has 1 unspecified atom stereocenters. The maximum absolute atomic E-state index is 12.8.